The van der Waals surface area contributed by atoms with E-state index in [1.807, 2.05) is 13.0 Å². The minimum absolute atomic E-state index is 0.523. The molecule has 1 rings (SSSR count). The highest BCUT2D eigenvalue weighted by Gasteiger charge is 2.18. The van der Waals surface area contributed by atoms with E-state index in [0.29, 0.717) is 6.04 Å². The van der Waals surface area contributed by atoms with Crippen molar-refractivity contribution in [1.29, 1.82) is 0 Å². The molecule has 0 saturated heterocycles. The predicted octanol–water partition coefficient (Wildman–Crippen LogP) is 3.98. The van der Waals surface area contributed by atoms with Gasteiger partial charge in [0.2, 0.25) is 0 Å². The molecule has 0 spiro atoms. The van der Waals surface area contributed by atoms with E-state index in [1.54, 1.807) is 7.11 Å². The van der Waals surface area contributed by atoms with E-state index in [9.17, 15) is 0 Å². The van der Waals surface area contributed by atoms with Gasteiger partial charge in [0.25, 0.3) is 0 Å². The predicted molar refractivity (Wildman–Crippen MR) is 86.9 cm³/mol. The molecular weight excluding hydrogens is 304 g/mol. The van der Waals surface area contributed by atoms with Crippen LogP contribution in [0.25, 0.3) is 0 Å². The van der Waals surface area contributed by atoms with Crippen LogP contribution < -0.4 is 10.6 Å². The Morgan fingerprint density at radius 3 is 2.47 bits per heavy atom. The van der Waals surface area contributed by atoms with Gasteiger partial charge in [-0.3, -0.25) is 0 Å². The summed E-state index contributed by atoms with van der Waals surface area (Å²) in [4.78, 5) is 2.42. The highest BCUT2D eigenvalue weighted by Crippen LogP contribution is 2.33. The lowest BCUT2D eigenvalue weighted by Gasteiger charge is -2.33. The Labute approximate surface area is 125 Å². The van der Waals surface area contributed by atoms with Crippen LogP contribution in [0.15, 0.2) is 16.6 Å². The summed E-state index contributed by atoms with van der Waals surface area (Å²) in [7, 11) is 1.74. The van der Waals surface area contributed by atoms with Gasteiger partial charge in [-0.05, 0) is 53.4 Å². The molecule has 2 N–H and O–H groups in total. The third-order valence-corrected chi connectivity index (χ3v) is 4.20. The summed E-state index contributed by atoms with van der Waals surface area (Å²) >= 11 is 3.64. The van der Waals surface area contributed by atoms with Crippen molar-refractivity contribution in [2.45, 2.75) is 39.7 Å². The molecule has 1 aromatic rings. The lowest BCUT2D eigenvalue weighted by atomic mass is 10.1. The number of nitrogens with zero attached hydrogens (tertiary/aromatic N) is 1. The van der Waals surface area contributed by atoms with Crippen molar-refractivity contribution in [3.05, 3.63) is 22.2 Å². The lowest BCUT2D eigenvalue weighted by Crippen LogP contribution is -2.37. The van der Waals surface area contributed by atoms with Gasteiger partial charge >= 0.3 is 0 Å². The lowest BCUT2D eigenvalue weighted by molar-refractivity contribution is 0.202. The van der Waals surface area contributed by atoms with Gasteiger partial charge in [0.1, 0.15) is 0 Å². The summed E-state index contributed by atoms with van der Waals surface area (Å²) < 4.78 is 6.30. The second-order valence-corrected chi connectivity index (χ2v) is 5.67. The van der Waals surface area contributed by atoms with E-state index in [4.69, 9.17) is 10.5 Å². The molecule has 108 valence electrons. The van der Waals surface area contributed by atoms with Crippen LogP contribution in [0.1, 0.15) is 32.3 Å². The van der Waals surface area contributed by atoms with Crippen LogP contribution in [0.3, 0.4) is 0 Å². The number of ether oxygens (including phenoxy) is 1. The van der Waals surface area contributed by atoms with Gasteiger partial charge < -0.3 is 15.4 Å². The van der Waals surface area contributed by atoms with Gasteiger partial charge in [-0.15, -0.1) is 0 Å². The molecule has 0 amide bonds. The van der Waals surface area contributed by atoms with E-state index in [-0.39, 0.29) is 0 Å². The maximum absolute atomic E-state index is 5.96. The third kappa shape index (κ3) is 4.11. The standard InChI is InChI=1S/C15H25BrN2O/c1-5-12(6-2)18(7-8-19-4)15-9-11(3)14(17)10-13(15)16/h9-10,12H,5-8,17H2,1-4H3. The monoisotopic (exact) mass is 328 g/mol. The molecule has 0 aliphatic heterocycles. The molecule has 0 aromatic heterocycles. The molecule has 3 nitrogen and oxygen atoms in total. The average molecular weight is 329 g/mol. The molecular formula is C15H25BrN2O. The first-order chi connectivity index (χ1) is 9.04. The zero-order valence-corrected chi connectivity index (χ0v) is 14.0. The molecule has 0 bridgehead atoms. The number of anilines is 2. The molecule has 0 fully saturated rings. The van der Waals surface area contributed by atoms with Gasteiger partial charge in [0.15, 0.2) is 0 Å². The number of benzene rings is 1. The van der Waals surface area contributed by atoms with Gasteiger partial charge in [-0.2, -0.15) is 0 Å². The minimum atomic E-state index is 0.523. The summed E-state index contributed by atoms with van der Waals surface area (Å²) in [6, 6.07) is 4.68. The highest BCUT2D eigenvalue weighted by atomic mass is 79.9. The second-order valence-electron chi connectivity index (χ2n) is 4.82. The van der Waals surface area contributed by atoms with Crippen LogP contribution in [0.2, 0.25) is 0 Å². The van der Waals surface area contributed by atoms with Crippen molar-refractivity contribution >= 4 is 27.3 Å². The molecule has 0 saturated carbocycles. The molecule has 0 aliphatic rings. The maximum Gasteiger partial charge on any atom is 0.0637 e. The fourth-order valence-electron chi connectivity index (χ4n) is 2.32. The SMILES string of the molecule is CCC(CC)N(CCOC)c1cc(C)c(N)cc1Br. The van der Waals surface area contributed by atoms with E-state index >= 15 is 0 Å². The van der Waals surface area contributed by atoms with Gasteiger partial charge in [0, 0.05) is 29.9 Å². The van der Waals surface area contributed by atoms with E-state index in [0.717, 1.165) is 41.7 Å². The molecule has 4 heteroatoms. The number of halogens is 1. The summed E-state index contributed by atoms with van der Waals surface area (Å²) in [6.45, 7) is 8.13. The molecule has 1 aromatic carbocycles. The van der Waals surface area contributed by atoms with Crippen molar-refractivity contribution in [1.82, 2.24) is 0 Å². The molecule has 19 heavy (non-hydrogen) atoms. The van der Waals surface area contributed by atoms with Gasteiger partial charge in [-0.25, -0.2) is 0 Å². The van der Waals surface area contributed by atoms with E-state index in [1.165, 1.54) is 5.69 Å². The number of nitrogens with two attached hydrogens (primary N) is 1. The van der Waals surface area contributed by atoms with Crippen molar-refractivity contribution < 1.29 is 4.74 Å². The fourth-order valence-corrected chi connectivity index (χ4v) is 2.91. The normalized spacial score (nSPS) is 11.1. The number of hydrogen-bond acceptors (Lipinski definition) is 3. The summed E-state index contributed by atoms with van der Waals surface area (Å²) in [5, 5.41) is 0. The first kappa shape index (κ1) is 16.3. The van der Waals surface area contributed by atoms with Crippen LogP contribution in [0.5, 0.6) is 0 Å². The molecule has 0 heterocycles. The quantitative estimate of drug-likeness (QED) is 0.769. The van der Waals surface area contributed by atoms with Crippen LogP contribution in [0.4, 0.5) is 11.4 Å². The van der Waals surface area contributed by atoms with Crippen molar-refractivity contribution in [2.75, 3.05) is 30.9 Å². The van der Waals surface area contributed by atoms with Crippen LogP contribution >= 0.6 is 15.9 Å². The average Bonchev–Trinajstić information content (AvgIpc) is 2.39. The Hall–Kier alpha value is -0.740. The Morgan fingerprint density at radius 2 is 1.95 bits per heavy atom. The van der Waals surface area contributed by atoms with Crippen molar-refractivity contribution in [3.8, 4) is 0 Å². The third-order valence-electron chi connectivity index (χ3n) is 3.56. The summed E-state index contributed by atoms with van der Waals surface area (Å²) in [5.74, 6) is 0. The van der Waals surface area contributed by atoms with E-state index < -0.39 is 0 Å². The number of rotatable bonds is 7. The van der Waals surface area contributed by atoms with Crippen molar-refractivity contribution in [2.24, 2.45) is 0 Å². The second kappa shape index (κ2) is 7.75. The first-order valence-corrected chi connectivity index (χ1v) is 7.65. The molecule has 0 unspecified atom stereocenters. The number of nitrogen functional groups attached to an aromatic ring is 1. The van der Waals surface area contributed by atoms with Crippen LogP contribution in [-0.4, -0.2) is 26.3 Å². The Balaban J connectivity index is 3.12. The van der Waals surface area contributed by atoms with Crippen LogP contribution in [-0.2, 0) is 4.74 Å². The van der Waals surface area contributed by atoms with E-state index in [2.05, 4.69) is 40.7 Å². The molecule has 0 aliphatic carbocycles. The Bertz CT molecular complexity index is 405. The number of aryl methyl sites for hydroxylation is 1. The topological polar surface area (TPSA) is 38.5 Å². The van der Waals surface area contributed by atoms with Crippen LogP contribution in [0, 0.1) is 6.92 Å². The first-order valence-electron chi connectivity index (χ1n) is 6.86. The molecule has 0 radical (unpaired) electrons. The minimum Gasteiger partial charge on any atom is -0.398 e. The highest BCUT2D eigenvalue weighted by molar-refractivity contribution is 9.10. The number of methoxy groups -OCH3 is 1. The number of hydrogen-bond donors (Lipinski definition) is 1. The fraction of sp³-hybridized carbons (Fsp3) is 0.600. The van der Waals surface area contributed by atoms with Gasteiger partial charge in [-0.1, -0.05) is 13.8 Å². The maximum atomic E-state index is 5.96. The Morgan fingerprint density at radius 1 is 1.32 bits per heavy atom. The summed E-state index contributed by atoms with van der Waals surface area (Å²) in [5.41, 5.74) is 9.11. The zero-order chi connectivity index (χ0) is 14.4. The zero-order valence-electron chi connectivity index (χ0n) is 12.4. The van der Waals surface area contributed by atoms with Crippen molar-refractivity contribution in [3.63, 3.8) is 0 Å². The molecule has 0 atom stereocenters. The smallest absolute Gasteiger partial charge is 0.0637 e. The Kier molecular flexibility index (Phi) is 6.66. The summed E-state index contributed by atoms with van der Waals surface area (Å²) in [6.07, 6.45) is 2.24. The van der Waals surface area contributed by atoms with Gasteiger partial charge in [0.05, 0.1) is 12.3 Å². The largest absolute Gasteiger partial charge is 0.398 e.